The molecule has 0 aliphatic carbocycles. The lowest BCUT2D eigenvalue weighted by atomic mass is 10.1. The fourth-order valence-corrected chi connectivity index (χ4v) is 2.70. The Hall–Kier alpha value is -2.04. The van der Waals surface area contributed by atoms with E-state index in [4.69, 9.17) is 5.73 Å². The Bertz CT molecular complexity index is 542. The molecular weight excluding hydrogens is 254 g/mol. The molecule has 0 spiro atoms. The van der Waals surface area contributed by atoms with Crippen molar-refractivity contribution in [2.45, 2.75) is 26.3 Å². The van der Waals surface area contributed by atoms with Gasteiger partial charge >= 0.3 is 0 Å². The molecule has 1 aromatic rings. The van der Waals surface area contributed by atoms with Crippen molar-refractivity contribution in [3.63, 3.8) is 0 Å². The number of hydrogen-bond donors (Lipinski definition) is 1. The molecule has 1 atom stereocenters. The number of anilines is 1. The van der Waals surface area contributed by atoms with Crippen LogP contribution in [0.5, 0.6) is 0 Å². The lowest BCUT2D eigenvalue weighted by Crippen LogP contribution is -2.37. The lowest BCUT2D eigenvalue weighted by Gasteiger charge is -2.25. The monoisotopic (exact) mass is 275 g/mol. The number of hydrogen-bond acceptors (Lipinski definition) is 3. The summed E-state index contributed by atoms with van der Waals surface area (Å²) in [4.78, 5) is 26.6. The zero-order valence-electron chi connectivity index (χ0n) is 12.2. The topological polar surface area (TPSA) is 66.6 Å². The SMILES string of the molecule is CC(=O)N(C)C1CCN(c2ccc(C(N)=O)cc2C)C1. The van der Waals surface area contributed by atoms with Crippen LogP contribution in [-0.2, 0) is 4.79 Å². The van der Waals surface area contributed by atoms with Gasteiger partial charge in [-0.15, -0.1) is 0 Å². The first-order valence-electron chi connectivity index (χ1n) is 6.79. The van der Waals surface area contributed by atoms with E-state index in [-0.39, 0.29) is 11.9 Å². The summed E-state index contributed by atoms with van der Waals surface area (Å²) in [5, 5.41) is 0. The first-order valence-corrected chi connectivity index (χ1v) is 6.79. The largest absolute Gasteiger partial charge is 0.369 e. The van der Waals surface area contributed by atoms with Gasteiger partial charge in [-0.25, -0.2) is 0 Å². The molecule has 1 aliphatic heterocycles. The van der Waals surface area contributed by atoms with Gasteiger partial charge in [0.2, 0.25) is 11.8 Å². The molecule has 1 unspecified atom stereocenters. The van der Waals surface area contributed by atoms with E-state index in [1.807, 2.05) is 26.1 Å². The second-order valence-corrected chi connectivity index (χ2v) is 5.38. The second-order valence-electron chi connectivity index (χ2n) is 5.38. The van der Waals surface area contributed by atoms with Gasteiger partial charge in [-0.3, -0.25) is 9.59 Å². The van der Waals surface area contributed by atoms with E-state index in [1.54, 1.807) is 17.9 Å². The van der Waals surface area contributed by atoms with Crippen molar-refractivity contribution in [3.8, 4) is 0 Å². The Labute approximate surface area is 119 Å². The summed E-state index contributed by atoms with van der Waals surface area (Å²) in [6, 6.07) is 5.76. The van der Waals surface area contributed by atoms with Crippen molar-refractivity contribution in [2.24, 2.45) is 5.73 Å². The van der Waals surface area contributed by atoms with Crippen LogP contribution in [0.3, 0.4) is 0 Å². The predicted octanol–water partition coefficient (Wildman–Crippen LogP) is 1.15. The summed E-state index contributed by atoms with van der Waals surface area (Å²) in [7, 11) is 1.85. The van der Waals surface area contributed by atoms with E-state index >= 15 is 0 Å². The Kier molecular flexibility index (Phi) is 3.97. The molecule has 0 aromatic heterocycles. The minimum Gasteiger partial charge on any atom is -0.369 e. The summed E-state index contributed by atoms with van der Waals surface area (Å²) in [5.41, 5.74) is 7.96. The summed E-state index contributed by atoms with van der Waals surface area (Å²) in [5.74, 6) is -0.312. The Morgan fingerprint density at radius 1 is 1.40 bits per heavy atom. The fourth-order valence-electron chi connectivity index (χ4n) is 2.70. The third-order valence-electron chi connectivity index (χ3n) is 4.03. The van der Waals surface area contributed by atoms with E-state index < -0.39 is 5.91 Å². The molecule has 2 rings (SSSR count). The molecule has 108 valence electrons. The molecule has 1 fully saturated rings. The van der Waals surface area contributed by atoms with E-state index in [0.717, 1.165) is 30.8 Å². The Morgan fingerprint density at radius 3 is 2.65 bits per heavy atom. The average molecular weight is 275 g/mol. The van der Waals surface area contributed by atoms with Gasteiger partial charge in [0.05, 0.1) is 6.04 Å². The number of nitrogens with two attached hydrogens (primary N) is 1. The van der Waals surface area contributed by atoms with Gasteiger partial charge in [0.1, 0.15) is 0 Å². The van der Waals surface area contributed by atoms with Crippen molar-refractivity contribution >= 4 is 17.5 Å². The minimum absolute atomic E-state index is 0.0950. The van der Waals surface area contributed by atoms with Crippen molar-refractivity contribution in [3.05, 3.63) is 29.3 Å². The number of nitrogens with zero attached hydrogens (tertiary/aromatic N) is 2. The van der Waals surface area contributed by atoms with Crippen molar-refractivity contribution < 1.29 is 9.59 Å². The number of amides is 2. The second kappa shape index (κ2) is 5.53. The molecule has 1 heterocycles. The van der Waals surface area contributed by atoms with Crippen LogP contribution in [0.1, 0.15) is 29.3 Å². The molecule has 0 radical (unpaired) electrons. The molecule has 5 nitrogen and oxygen atoms in total. The van der Waals surface area contributed by atoms with Crippen LogP contribution < -0.4 is 10.6 Å². The molecule has 1 saturated heterocycles. The van der Waals surface area contributed by atoms with Crippen LogP contribution in [0.4, 0.5) is 5.69 Å². The molecule has 0 saturated carbocycles. The van der Waals surface area contributed by atoms with E-state index in [9.17, 15) is 9.59 Å². The average Bonchev–Trinajstić information content (AvgIpc) is 2.86. The molecule has 5 heteroatoms. The molecule has 1 aliphatic rings. The van der Waals surface area contributed by atoms with Crippen LogP contribution in [0.25, 0.3) is 0 Å². The highest BCUT2D eigenvalue weighted by molar-refractivity contribution is 5.93. The van der Waals surface area contributed by atoms with Crippen LogP contribution in [0.15, 0.2) is 18.2 Å². The minimum atomic E-state index is -0.407. The first kappa shape index (κ1) is 14.4. The van der Waals surface area contributed by atoms with Gasteiger partial charge < -0.3 is 15.5 Å². The number of aryl methyl sites for hydroxylation is 1. The highest BCUT2D eigenvalue weighted by Crippen LogP contribution is 2.26. The van der Waals surface area contributed by atoms with Gasteiger partial charge in [0, 0.05) is 38.3 Å². The maximum atomic E-state index is 11.4. The van der Waals surface area contributed by atoms with Crippen LogP contribution in [0, 0.1) is 6.92 Å². The van der Waals surface area contributed by atoms with E-state index in [1.165, 1.54) is 0 Å². The Balaban J connectivity index is 2.14. The number of likely N-dealkylation sites (N-methyl/N-ethyl adjacent to an activating group) is 1. The maximum absolute atomic E-state index is 11.4. The van der Waals surface area contributed by atoms with Crippen LogP contribution in [0.2, 0.25) is 0 Å². The zero-order valence-corrected chi connectivity index (χ0v) is 12.2. The van der Waals surface area contributed by atoms with Crippen molar-refractivity contribution in [2.75, 3.05) is 25.0 Å². The number of rotatable bonds is 3. The number of benzene rings is 1. The van der Waals surface area contributed by atoms with Gasteiger partial charge in [-0.05, 0) is 37.1 Å². The summed E-state index contributed by atoms with van der Waals surface area (Å²) >= 11 is 0. The zero-order chi connectivity index (χ0) is 14.9. The summed E-state index contributed by atoms with van der Waals surface area (Å²) in [6.45, 7) is 5.31. The van der Waals surface area contributed by atoms with Crippen molar-refractivity contribution in [1.82, 2.24) is 4.90 Å². The number of primary amides is 1. The molecule has 2 N–H and O–H groups in total. The quantitative estimate of drug-likeness (QED) is 0.900. The van der Waals surface area contributed by atoms with Gasteiger partial charge in [-0.2, -0.15) is 0 Å². The van der Waals surface area contributed by atoms with Gasteiger partial charge in [-0.1, -0.05) is 0 Å². The third-order valence-corrected chi connectivity index (χ3v) is 4.03. The maximum Gasteiger partial charge on any atom is 0.248 e. The van der Waals surface area contributed by atoms with E-state index in [0.29, 0.717) is 5.56 Å². The third kappa shape index (κ3) is 2.76. The molecule has 0 bridgehead atoms. The first-order chi connectivity index (χ1) is 9.40. The van der Waals surface area contributed by atoms with Gasteiger partial charge in [0.25, 0.3) is 0 Å². The summed E-state index contributed by atoms with van der Waals surface area (Å²) in [6.07, 6.45) is 0.965. The fraction of sp³-hybridized carbons (Fsp3) is 0.467. The lowest BCUT2D eigenvalue weighted by molar-refractivity contribution is -0.129. The predicted molar refractivity (Wildman–Crippen MR) is 78.8 cm³/mol. The van der Waals surface area contributed by atoms with Gasteiger partial charge in [0.15, 0.2) is 0 Å². The van der Waals surface area contributed by atoms with Crippen molar-refractivity contribution in [1.29, 1.82) is 0 Å². The van der Waals surface area contributed by atoms with Crippen LogP contribution >= 0.6 is 0 Å². The highest BCUT2D eigenvalue weighted by Gasteiger charge is 2.27. The van der Waals surface area contributed by atoms with Crippen LogP contribution in [-0.4, -0.2) is 42.9 Å². The standard InChI is InChI=1S/C15H21N3O2/c1-10-8-12(15(16)20)4-5-14(10)18-7-6-13(9-18)17(3)11(2)19/h4-5,8,13H,6-7,9H2,1-3H3,(H2,16,20). The number of carbonyl (C=O) groups is 2. The molecule has 2 amide bonds. The highest BCUT2D eigenvalue weighted by atomic mass is 16.2. The normalized spacial score (nSPS) is 18.1. The molecular formula is C15H21N3O2. The number of carbonyl (C=O) groups excluding carboxylic acids is 2. The Morgan fingerprint density at radius 2 is 2.10 bits per heavy atom. The molecule has 20 heavy (non-hydrogen) atoms. The smallest absolute Gasteiger partial charge is 0.248 e. The van der Waals surface area contributed by atoms with E-state index in [2.05, 4.69) is 4.90 Å². The summed E-state index contributed by atoms with van der Waals surface area (Å²) < 4.78 is 0. The molecule has 1 aromatic carbocycles.